The van der Waals surface area contributed by atoms with Crippen LogP contribution in [0.4, 0.5) is 0 Å². The van der Waals surface area contributed by atoms with Crippen LogP contribution in [0.2, 0.25) is 0 Å². The highest BCUT2D eigenvalue weighted by atomic mass is 127. The Labute approximate surface area is 192 Å². The Morgan fingerprint density at radius 2 is 2.00 bits per heavy atom. The number of guanidine groups is 1. The largest absolute Gasteiger partial charge is 0.469 e. The Morgan fingerprint density at radius 3 is 2.68 bits per heavy atom. The summed E-state index contributed by atoms with van der Waals surface area (Å²) in [5, 5.41) is 6.40. The molecule has 154 valence electrons. The summed E-state index contributed by atoms with van der Waals surface area (Å²) in [6, 6.07) is 11.8. The molecule has 0 atom stereocenters. The molecule has 1 aromatic heterocycles. The van der Waals surface area contributed by atoms with Crippen LogP contribution in [0.5, 0.6) is 0 Å². The average molecular weight is 563 g/mol. The van der Waals surface area contributed by atoms with Crippen molar-refractivity contribution in [2.75, 3.05) is 26.7 Å². The van der Waals surface area contributed by atoms with E-state index >= 15 is 0 Å². The van der Waals surface area contributed by atoms with Gasteiger partial charge < -0.3 is 20.0 Å². The van der Waals surface area contributed by atoms with Gasteiger partial charge >= 0.3 is 0 Å². The monoisotopic (exact) mass is 562 g/mol. The molecule has 28 heavy (non-hydrogen) atoms. The van der Waals surface area contributed by atoms with Gasteiger partial charge in [-0.3, -0.25) is 9.79 Å². The van der Waals surface area contributed by atoms with Gasteiger partial charge in [0.1, 0.15) is 5.76 Å². The Kier molecular flexibility index (Phi) is 11.9. The minimum atomic E-state index is 0. The Balaban J connectivity index is 0.00000392. The molecule has 0 aliphatic rings. The zero-order valence-corrected chi connectivity index (χ0v) is 20.2. The second kappa shape index (κ2) is 13.6. The summed E-state index contributed by atoms with van der Waals surface area (Å²) in [6.45, 7) is 4.52. The Bertz CT molecular complexity index is 738. The third-order valence-corrected chi connectivity index (χ3v) is 4.75. The number of hydrogen-bond donors (Lipinski definition) is 2. The number of carbonyl (C=O) groups is 1. The third-order valence-electron chi connectivity index (χ3n) is 3.97. The molecular formula is C20H28BrIN4O2. The zero-order valence-electron chi connectivity index (χ0n) is 16.3. The van der Waals surface area contributed by atoms with Crippen LogP contribution in [0.25, 0.3) is 0 Å². The number of furan rings is 1. The van der Waals surface area contributed by atoms with E-state index in [1.165, 1.54) is 0 Å². The third kappa shape index (κ3) is 8.64. The van der Waals surface area contributed by atoms with Gasteiger partial charge in [-0.25, -0.2) is 0 Å². The minimum Gasteiger partial charge on any atom is -0.469 e. The molecule has 8 heteroatoms. The van der Waals surface area contributed by atoms with E-state index in [0.717, 1.165) is 28.8 Å². The van der Waals surface area contributed by atoms with Crippen molar-refractivity contribution >= 4 is 51.8 Å². The lowest BCUT2D eigenvalue weighted by molar-refractivity contribution is -0.130. The van der Waals surface area contributed by atoms with Gasteiger partial charge in [-0.2, -0.15) is 0 Å². The van der Waals surface area contributed by atoms with Crippen LogP contribution in [0.15, 0.2) is 56.5 Å². The number of nitrogens with zero attached hydrogens (tertiary/aromatic N) is 2. The van der Waals surface area contributed by atoms with Crippen molar-refractivity contribution in [2.24, 2.45) is 4.99 Å². The van der Waals surface area contributed by atoms with Crippen molar-refractivity contribution in [1.82, 2.24) is 15.5 Å². The number of nitrogens with one attached hydrogen (secondary N) is 2. The summed E-state index contributed by atoms with van der Waals surface area (Å²) in [5.41, 5.74) is 1.09. The standard InChI is InChI=1S/C20H27BrN4O2.HI/c1-3-22-20(23-12-10-17-8-6-14-27-17)24-13-11-19(26)25(2)15-16-7-4-5-9-18(16)21;/h4-9,14H,3,10-13,15H2,1-2H3,(H2,22,23,24);1H. The molecule has 1 heterocycles. The number of amides is 1. The van der Waals surface area contributed by atoms with Crippen LogP contribution in [0, 0.1) is 0 Å². The molecule has 2 rings (SSSR count). The first-order valence-electron chi connectivity index (χ1n) is 9.12. The molecular weight excluding hydrogens is 535 g/mol. The summed E-state index contributed by atoms with van der Waals surface area (Å²) < 4.78 is 6.32. The lowest BCUT2D eigenvalue weighted by Crippen LogP contribution is -2.39. The first-order chi connectivity index (χ1) is 13.1. The van der Waals surface area contributed by atoms with Crippen molar-refractivity contribution in [1.29, 1.82) is 0 Å². The van der Waals surface area contributed by atoms with Crippen molar-refractivity contribution in [3.05, 3.63) is 58.5 Å². The van der Waals surface area contributed by atoms with Crippen LogP contribution in [-0.4, -0.2) is 43.4 Å². The molecule has 1 aromatic carbocycles. The highest BCUT2D eigenvalue weighted by Gasteiger charge is 2.11. The van der Waals surface area contributed by atoms with Crippen molar-refractivity contribution < 1.29 is 9.21 Å². The molecule has 2 aromatic rings. The smallest absolute Gasteiger partial charge is 0.224 e. The van der Waals surface area contributed by atoms with Gasteiger partial charge in [-0.05, 0) is 30.7 Å². The van der Waals surface area contributed by atoms with Crippen LogP contribution in [-0.2, 0) is 17.8 Å². The highest BCUT2D eigenvalue weighted by molar-refractivity contribution is 14.0. The van der Waals surface area contributed by atoms with Gasteiger partial charge in [0.05, 0.1) is 6.26 Å². The second-order valence-corrected chi connectivity index (χ2v) is 6.96. The minimum absolute atomic E-state index is 0. The number of benzene rings is 1. The normalized spacial score (nSPS) is 10.9. The Hall–Kier alpha value is -1.55. The molecule has 0 aliphatic heterocycles. The first-order valence-corrected chi connectivity index (χ1v) is 9.91. The number of halogens is 2. The van der Waals surface area contributed by atoms with E-state index in [4.69, 9.17) is 4.42 Å². The molecule has 0 saturated heterocycles. The predicted octanol–water partition coefficient (Wildman–Crippen LogP) is 3.81. The molecule has 0 aliphatic carbocycles. The molecule has 0 unspecified atom stereocenters. The van der Waals surface area contributed by atoms with Gasteiger partial charge in [-0.1, -0.05) is 34.1 Å². The van der Waals surface area contributed by atoms with Crippen LogP contribution in [0.1, 0.15) is 24.7 Å². The summed E-state index contributed by atoms with van der Waals surface area (Å²) in [6.07, 6.45) is 2.82. The van der Waals surface area contributed by atoms with Gasteiger partial charge in [0.25, 0.3) is 0 Å². The van der Waals surface area contributed by atoms with Crippen molar-refractivity contribution in [3.63, 3.8) is 0 Å². The summed E-state index contributed by atoms with van der Waals surface area (Å²) in [5.74, 6) is 1.72. The zero-order chi connectivity index (χ0) is 19.5. The fourth-order valence-corrected chi connectivity index (χ4v) is 2.93. The SMILES string of the molecule is CCNC(=NCCc1ccco1)NCCC(=O)N(C)Cc1ccccc1Br.I. The van der Waals surface area contributed by atoms with Crippen molar-refractivity contribution in [3.8, 4) is 0 Å². The molecule has 0 saturated carbocycles. The van der Waals surface area contributed by atoms with Crippen LogP contribution in [0.3, 0.4) is 0 Å². The van der Waals surface area contributed by atoms with Crippen molar-refractivity contribution in [2.45, 2.75) is 26.3 Å². The summed E-state index contributed by atoms with van der Waals surface area (Å²) in [4.78, 5) is 18.6. The molecule has 0 radical (unpaired) electrons. The Morgan fingerprint density at radius 1 is 1.21 bits per heavy atom. The van der Waals surface area contributed by atoms with Gasteiger partial charge in [0.15, 0.2) is 5.96 Å². The quantitative estimate of drug-likeness (QED) is 0.277. The summed E-state index contributed by atoms with van der Waals surface area (Å²) in [7, 11) is 1.82. The van der Waals surface area contributed by atoms with Crippen LogP contribution >= 0.6 is 39.9 Å². The molecule has 6 nitrogen and oxygen atoms in total. The van der Waals surface area contributed by atoms with E-state index in [0.29, 0.717) is 32.0 Å². The lowest BCUT2D eigenvalue weighted by Gasteiger charge is -2.19. The topological polar surface area (TPSA) is 69.9 Å². The van der Waals surface area contributed by atoms with Gasteiger partial charge in [0.2, 0.25) is 5.91 Å². The van der Waals surface area contributed by atoms with E-state index in [1.807, 2.05) is 50.4 Å². The predicted molar refractivity (Wildman–Crippen MR) is 127 cm³/mol. The van der Waals surface area contributed by atoms with E-state index in [2.05, 4.69) is 31.6 Å². The first kappa shape index (κ1) is 24.5. The maximum atomic E-state index is 12.4. The molecule has 0 fully saturated rings. The molecule has 1 amide bonds. The van der Waals surface area contributed by atoms with Gasteiger partial charge in [-0.15, -0.1) is 24.0 Å². The molecule has 0 bridgehead atoms. The second-order valence-electron chi connectivity index (χ2n) is 6.11. The fraction of sp³-hybridized carbons (Fsp3) is 0.400. The highest BCUT2D eigenvalue weighted by Crippen LogP contribution is 2.17. The molecule has 0 spiro atoms. The average Bonchev–Trinajstić information content (AvgIpc) is 3.17. The van der Waals surface area contributed by atoms with E-state index in [1.54, 1.807) is 11.2 Å². The lowest BCUT2D eigenvalue weighted by atomic mass is 10.2. The maximum absolute atomic E-state index is 12.4. The number of aliphatic imine (C=N–C) groups is 1. The number of rotatable bonds is 9. The number of hydrogen-bond acceptors (Lipinski definition) is 3. The van der Waals surface area contributed by atoms with Gasteiger partial charge in [0, 0.05) is 50.5 Å². The van der Waals surface area contributed by atoms with E-state index < -0.39 is 0 Å². The fourth-order valence-electron chi connectivity index (χ4n) is 2.52. The van der Waals surface area contributed by atoms with E-state index in [-0.39, 0.29) is 29.9 Å². The number of carbonyl (C=O) groups excluding carboxylic acids is 1. The van der Waals surface area contributed by atoms with E-state index in [9.17, 15) is 4.79 Å². The maximum Gasteiger partial charge on any atom is 0.224 e. The molecule has 2 N–H and O–H groups in total. The van der Waals surface area contributed by atoms with Crippen LogP contribution < -0.4 is 10.6 Å². The summed E-state index contributed by atoms with van der Waals surface area (Å²) >= 11 is 3.52.